The number of carbonyl (C=O) groups is 2. The van der Waals surface area contributed by atoms with Crippen molar-refractivity contribution < 1.29 is 19.1 Å². The van der Waals surface area contributed by atoms with Crippen LogP contribution in [0.15, 0.2) is 6.07 Å². The fraction of sp³-hybridized carbons (Fsp3) is 0.722. The summed E-state index contributed by atoms with van der Waals surface area (Å²) in [5, 5.41) is 12.9. The largest absolute Gasteiger partial charge is 0.446 e. The zero-order valence-corrected chi connectivity index (χ0v) is 15.4. The molecule has 1 aliphatic carbocycles. The molecule has 0 radical (unpaired) electrons. The monoisotopic (exact) mass is 364 g/mol. The third kappa shape index (κ3) is 4.97. The zero-order valence-electron chi connectivity index (χ0n) is 15.4. The van der Waals surface area contributed by atoms with E-state index in [0.29, 0.717) is 19.0 Å². The van der Waals surface area contributed by atoms with E-state index in [9.17, 15) is 9.59 Å². The zero-order chi connectivity index (χ0) is 18.5. The summed E-state index contributed by atoms with van der Waals surface area (Å²) in [5.74, 6) is 0.809. The van der Waals surface area contributed by atoms with E-state index >= 15 is 0 Å². The van der Waals surface area contributed by atoms with Gasteiger partial charge in [-0.2, -0.15) is 5.10 Å². The van der Waals surface area contributed by atoms with Crippen LogP contribution in [0.25, 0.3) is 0 Å². The van der Waals surface area contributed by atoms with Gasteiger partial charge >= 0.3 is 6.09 Å². The Morgan fingerprint density at radius 2 is 2.04 bits per heavy atom. The molecule has 1 aliphatic heterocycles. The highest BCUT2D eigenvalue weighted by molar-refractivity contribution is 5.91. The maximum atomic E-state index is 12.3. The number of carbonyl (C=O) groups excluding carboxylic acids is 2. The van der Waals surface area contributed by atoms with Gasteiger partial charge in [-0.05, 0) is 46.0 Å². The predicted octanol–water partition coefficient (Wildman–Crippen LogP) is 2.55. The molecule has 1 aromatic heterocycles. The molecule has 144 valence electrons. The Hall–Kier alpha value is -2.09. The van der Waals surface area contributed by atoms with E-state index in [0.717, 1.165) is 37.8 Å². The molecule has 8 heteroatoms. The molecule has 26 heavy (non-hydrogen) atoms. The van der Waals surface area contributed by atoms with Crippen molar-refractivity contribution in [3.05, 3.63) is 11.8 Å². The number of anilines is 1. The molecule has 2 aliphatic rings. The van der Waals surface area contributed by atoms with Crippen molar-refractivity contribution in [2.45, 2.75) is 64.0 Å². The molecule has 2 atom stereocenters. The van der Waals surface area contributed by atoms with Gasteiger partial charge in [-0.3, -0.25) is 9.89 Å². The normalized spacial score (nSPS) is 23.8. The van der Waals surface area contributed by atoms with Crippen LogP contribution in [0.1, 0.15) is 57.6 Å². The first-order valence-corrected chi connectivity index (χ1v) is 9.42. The summed E-state index contributed by atoms with van der Waals surface area (Å²) >= 11 is 0. The van der Waals surface area contributed by atoms with Gasteiger partial charge in [-0.25, -0.2) is 4.79 Å². The molecule has 0 spiro atoms. The van der Waals surface area contributed by atoms with Crippen molar-refractivity contribution in [3.63, 3.8) is 0 Å². The molecule has 2 fully saturated rings. The first-order valence-electron chi connectivity index (χ1n) is 9.42. The molecule has 3 rings (SSSR count). The summed E-state index contributed by atoms with van der Waals surface area (Å²) in [4.78, 5) is 24.0. The third-order valence-electron chi connectivity index (χ3n) is 4.95. The van der Waals surface area contributed by atoms with Crippen LogP contribution in [0.3, 0.4) is 0 Å². The molecular weight excluding hydrogens is 336 g/mol. The molecule has 8 nitrogen and oxygen atoms in total. The highest BCUT2D eigenvalue weighted by Gasteiger charge is 2.30. The van der Waals surface area contributed by atoms with Gasteiger partial charge in [0.05, 0.1) is 0 Å². The Morgan fingerprint density at radius 3 is 2.77 bits per heavy atom. The highest BCUT2D eigenvalue weighted by Crippen LogP contribution is 2.35. The quantitative estimate of drug-likeness (QED) is 0.745. The van der Waals surface area contributed by atoms with Gasteiger partial charge in [0.2, 0.25) is 5.91 Å². The standard InChI is InChI=1S/C18H28N4O4/c1-11(2)19-18(24)26-14-4-3-13(9-14)15-10-16(22-21-15)20-17(23)12-5-7-25-8-6-12/h10-14H,3-9H2,1-2H3,(H,19,24)(H2,20,21,22,23)/t13-,14+/m0/s1. The van der Waals surface area contributed by atoms with E-state index in [2.05, 4.69) is 20.8 Å². The van der Waals surface area contributed by atoms with Crippen LogP contribution in [-0.4, -0.2) is 47.6 Å². The molecular formula is C18H28N4O4. The Labute approximate surface area is 153 Å². The first-order chi connectivity index (χ1) is 12.5. The lowest BCUT2D eigenvalue weighted by atomic mass is 9.99. The van der Waals surface area contributed by atoms with Crippen molar-refractivity contribution >= 4 is 17.8 Å². The van der Waals surface area contributed by atoms with E-state index in [-0.39, 0.29) is 36.0 Å². The Morgan fingerprint density at radius 1 is 1.27 bits per heavy atom. The highest BCUT2D eigenvalue weighted by atomic mass is 16.6. The lowest BCUT2D eigenvalue weighted by Crippen LogP contribution is -2.33. The van der Waals surface area contributed by atoms with Crippen LogP contribution in [0, 0.1) is 5.92 Å². The predicted molar refractivity (Wildman–Crippen MR) is 95.9 cm³/mol. The van der Waals surface area contributed by atoms with Gasteiger partial charge in [-0.15, -0.1) is 0 Å². The molecule has 0 aromatic carbocycles. The fourth-order valence-corrected chi connectivity index (χ4v) is 3.55. The number of ether oxygens (including phenoxy) is 2. The van der Waals surface area contributed by atoms with Gasteiger partial charge in [0.25, 0.3) is 0 Å². The van der Waals surface area contributed by atoms with Crippen LogP contribution in [-0.2, 0) is 14.3 Å². The van der Waals surface area contributed by atoms with Crippen molar-refractivity contribution in [1.82, 2.24) is 15.5 Å². The number of hydrogen-bond donors (Lipinski definition) is 3. The van der Waals surface area contributed by atoms with Crippen LogP contribution < -0.4 is 10.6 Å². The van der Waals surface area contributed by atoms with Crippen molar-refractivity contribution in [3.8, 4) is 0 Å². The second-order valence-corrected chi connectivity index (χ2v) is 7.42. The number of nitrogens with one attached hydrogen (secondary N) is 3. The topological polar surface area (TPSA) is 105 Å². The Balaban J connectivity index is 1.49. The summed E-state index contributed by atoms with van der Waals surface area (Å²) in [6.45, 7) is 5.08. The number of aromatic amines is 1. The summed E-state index contributed by atoms with van der Waals surface area (Å²) in [5.41, 5.74) is 0.975. The molecule has 2 amide bonds. The summed E-state index contributed by atoms with van der Waals surface area (Å²) in [7, 11) is 0. The van der Waals surface area contributed by atoms with E-state index in [1.807, 2.05) is 19.9 Å². The Bertz CT molecular complexity index is 624. The molecule has 2 heterocycles. The molecule has 3 N–H and O–H groups in total. The van der Waals surface area contributed by atoms with E-state index < -0.39 is 0 Å². The van der Waals surface area contributed by atoms with E-state index in [1.165, 1.54) is 0 Å². The number of amides is 2. The third-order valence-corrected chi connectivity index (χ3v) is 4.95. The molecule has 0 unspecified atom stereocenters. The Kier molecular flexibility index (Phi) is 6.13. The maximum Gasteiger partial charge on any atom is 0.407 e. The molecule has 1 saturated heterocycles. The molecule has 1 aromatic rings. The lowest BCUT2D eigenvalue weighted by molar-refractivity contribution is -0.122. The fourth-order valence-electron chi connectivity index (χ4n) is 3.55. The number of H-pyrrole nitrogens is 1. The second-order valence-electron chi connectivity index (χ2n) is 7.42. The van der Waals surface area contributed by atoms with Gasteiger partial charge in [0, 0.05) is 42.9 Å². The minimum atomic E-state index is -0.361. The first kappa shape index (κ1) is 18.7. The minimum Gasteiger partial charge on any atom is -0.446 e. The van der Waals surface area contributed by atoms with E-state index in [4.69, 9.17) is 9.47 Å². The lowest BCUT2D eigenvalue weighted by Gasteiger charge is -2.20. The van der Waals surface area contributed by atoms with Crippen LogP contribution >= 0.6 is 0 Å². The summed E-state index contributed by atoms with van der Waals surface area (Å²) in [6, 6.07) is 1.95. The molecule has 1 saturated carbocycles. The average molecular weight is 364 g/mol. The average Bonchev–Trinajstić information content (AvgIpc) is 3.24. The van der Waals surface area contributed by atoms with E-state index in [1.54, 1.807) is 0 Å². The summed E-state index contributed by atoms with van der Waals surface area (Å²) < 4.78 is 10.7. The minimum absolute atomic E-state index is 0.00402. The number of nitrogens with zero attached hydrogens (tertiary/aromatic N) is 1. The van der Waals surface area contributed by atoms with Gasteiger partial charge < -0.3 is 20.1 Å². The summed E-state index contributed by atoms with van der Waals surface area (Å²) in [6.07, 6.45) is 3.59. The number of hydrogen-bond acceptors (Lipinski definition) is 5. The van der Waals surface area contributed by atoms with Crippen LogP contribution in [0.4, 0.5) is 10.6 Å². The van der Waals surface area contributed by atoms with Crippen LogP contribution in [0.2, 0.25) is 0 Å². The van der Waals surface area contributed by atoms with Gasteiger partial charge in [-0.1, -0.05) is 0 Å². The number of rotatable bonds is 5. The SMILES string of the molecule is CC(C)NC(=O)O[C@@H]1CC[C@H](c2cc(NC(=O)C3CCOCC3)n[nH]2)C1. The smallest absolute Gasteiger partial charge is 0.407 e. The molecule has 0 bridgehead atoms. The number of aromatic nitrogens is 2. The number of alkyl carbamates (subject to hydrolysis) is 1. The van der Waals surface area contributed by atoms with Crippen molar-refractivity contribution in [1.29, 1.82) is 0 Å². The van der Waals surface area contributed by atoms with Crippen molar-refractivity contribution in [2.24, 2.45) is 5.92 Å². The van der Waals surface area contributed by atoms with Gasteiger partial charge in [0.1, 0.15) is 6.10 Å². The van der Waals surface area contributed by atoms with Crippen molar-refractivity contribution in [2.75, 3.05) is 18.5 Å². The van der Waals surface area contributed by atoms with Gasteiger partial charge in [0.15, 0.2) is 5.82 Å². The second kappa shape index (κ2) is 8.53. The maximum absolute atomic E-state index is 12.3. The van der Waals surface area contributed by atoms with Crippen LogP contribution in [0.5, 0.6) is 0 Å².